The van der Waals surface area contributed by atoms with Gasteiger partial charge < -0.3 is 20.1 Å². The van der Waals surface area contributed by atoms with E-state index in [1.807, 2.05) is 54.4 Å². The van der Waals surface area contributed by atoms with E-state index in [-0.39, 0.29) is 12.1 Å². The molecule has 0 bridgehead atoms. The molecule has 3 aromatic rings. The molecule has 8 heteroatoms. The summed E-state index contributed by atoms with van der Waals surface area (Å²) in [5.74, 6) is -0.455. The summed E-state index contributed by atoms with van der Waals surface area (Å²) in [4.78, 5) is 19.8. The minimum atomic E-state index is -4.56. The molecule has 33 heavy (non-hydrogen) atoms. The fourth-order valence-corrected chi connectivity index (χ4v) is 3.97. The average Bonchev–Trinajstić information content (AvgIpc) is 3.28. The van der Waals surface area contributed by atoms with Gasteiger partial charge in [0.25, 0.3) is 0 Å². The second-order valence-corrected chi connectivity index (χ2v) is 8.33. The van der Waals surface area contributed by atoms with Gasteiger partial charge in [0, 0.05) is 49.7 Å². The highest BCUT2D eigenvalue weighted by Gasteiger charge is 2.35. The van der Waals surface area contributed by atoms with Crippen LogP contribution in [0.25, 0.3) is 11.3 Å². The van der Waals surface area contributed by atoms with E-state index in [9.17, 15) is 18.0 Å². The van der Waals surface area contributed by atoms with Crippen molar-refractivity contribution >= 4 is 17.3 Å². The molecule has 2 heterocycles. The van der Waals surface area contributed by atoms with Crippen molar-refractivity contribution in [3.63, 3.8) is 0 Å². The van der Waals surface area contributed by atoms with Crippen LogP contribution in [0.5, 0.6) is 0 Å². The molecule has 4 rings (SSSR count). The Labute approximate surface area is 191 Å². The van der Waals surface area contributed by atoms with Crippen LogP contribution in [0.4, 0.5) is 24.5 Å². The van der Waals surface area contributed by atoms with E-state index < -0.39 is 17.6 Å². The summed E-state index contributed by atoms with van der Waals surface area (Å²) in [5, 5.41) is 2.46. The number of nitrogens with one attached hydrogen (secondary N) is 2. The number of nitrogens with zero attached hydrogens (tertiary/aromatic N) is 2. The average molecular weight is 457 g/mol. The minimum absolute atomic E-state index is 0.0756. The molecule has 0 spiro atoms. The molecular formula is C25H27F3N4O. The Bertz CT molecular complexity index is 1090. The Balaban J connectivity index is 1.41. The lowest BCUT2D eigenvalue weighted by Gasteiger charge is -2.34. The number of aryl methyl sites for hydroxylation is 1. The third-order valence-corrected chi connectivity index (χ3v) is 5.90. The topological polar surface area (TPSA) is 51.4 Å². The van der Waals surface area contributed by atoms with Crippen molar-refractivity contribution in [2.45, 2.75) is 19.0 Å². The molecule has 0 atom stereocenters. The largest absolute Gasteiger partial charge is 0.418 e. The van der Waals surface area contributed by atoms with E-state index in [2.05, 4.69) is 15.2 Å². The third-order valence-electron chi connectivity index (χ3n) is 5.90. The number of amides is 1. The van der Waals surface area contributed by atoms with E-state index in [0.29, 0.717) is 25.2 Å². The quantitative estimate of drug-likeness (QED) is 0.548. The Morgan fingerprint density at radius 2 is 1.73 bits per heavy atom. The predicted octanol–water partition coefficient (Wildman–Crippen LogP) is 5.02. The molecule has 1 aliphatic heterocycles. The molecule has 0 unspecified atom stereocenters. The lowest BCUT2D eigenvalue weighted by Crippen LogP contribution is -2.44. The van der Waals surface area contributed by atoms with Gasteiger partial charge in [0.05, 0.1) is 11.3 Å². The molecule has 1 amide bonds. The highest BCUT2D eigenvalue weighted by atomic mass is 19.4. The van der Waals surface area contributed by atoms with E-state index in [1.54, 1.807) is 6.07 Å². The Kier molecular flexibility index (Phi) is 6.74. The van der Waals surface area contributed by atoms with Crippen LogP contribution < -0.4 is 10.2 Å². The number of halogens is 3. The zero-order valence-electron chi connectivity index (χ0n) is 18.5. The van der Waals surface area contributed by atoms with Crippen molar-refractivity contribution in [2.75, 3.05) is 43.4 Å². The number of carbonyl (C=O) groups excluding carboxylic acids is 1. The molecule has 1 saturated heterocycles. The molecule has 2 N–H and O–H groups in total. The number of piperazine rings is 1. The Morgan fingerprint density at radius 3 is 2.42 bits per heavy atom. The number of aromatic amines is 1. The molecule has 0 saturated carbocycles. The van der Waals surface area contributed by atoms with E-state index >= 15 is 0 Å². The van der Waals surface area contributed by atoms with Crippen molar-refractivity contribution in [3.05, 3.63) is 71.9 Å². The number of aromatic nitrogens is 1. The maximum atomic E-state index is 13.7. The predicted molar refractivity (Wildman–Crippen MR) is 124 cm³/mol. The smallest absolute Gasteiger partial charge is 0.369 e. The fourth-order valence-electron chi connectivity index (χ4n) is 3.97. The van der Waals surface area contributed by atoms with Crippen molar-refractivity contribution in [1.82, 2.24) is 9.88 Å². The second kappa shape index (κ2) is 9.70. The minimum Gasteiger partial charge on any atom is -0.369 e. The summed E-state index contributed by atoms with van der Waals surface area (Å²) in [7, 11) is 1.99. The lowest BCUT2D eigenvalue weighted by molar-refractivity contribution is -0.136. The summed E-state index contributed by atoms with van der Waals surface area (Å²) >= 11 is 0. The van der Waals surface area contributed by atoms with Gasteiger partial charge in [0.15, 0.2) is 0 Å². The number of likely N-dealkylation sites (N-methyl/N-ethyl adjacent to an activating group) is 1. The van der Waals surface area contributed by atoms with Crippen molar-refractivity contribution < 1.29 is 18.0 Å². The number of benzene rings is 2. The van der Waals surface area contributed by atoms with Gasteiger partial charge in [0.2, 0.25) is 5.91 Å². The summed E-state index contributed by atoms with van der Waals surface area (Å²) in [6.45, 7) is 2.93. The molecule has 5 nitrogen and oxygen atoms in total. The Morgan fingerprint density at radius 1 is 1.00 bits per heavy atom. The van der Waals surface area contributed by atoms with E-state index in [1.165, 1.54) is 6.07 Å². The molecule has 2 aromatic carbocycles. The molecule has 1 aromatic heterocycles. The summed E-state index contributed by atoms with van der Waals surface area (Å²) in [6, 6.07) is 17.7. The number of H-pyrrole nitrogens is 1. The second-order valence-electron chi connectivity index (χ2n) is 8.33. The first-order valence-corrected chi connectivity index (χ1v) is 11.0. The zero-order valence-corrected chi connectivity index (χ0v) is 18.5. The summed E-state index contributed by atoms with van der Waals surface area (Å²) in [6.07, 6.45) is -4.08. The van der Waals surface area contributed by atoms with Gasteiger partial charge in [-0.2, -0.15) is 13.2 Å². The van der Waals surface area contributed by atoms with Crippen LogP contribution >= 0.6 is 0 Å². The lowest BCUT2D eigenvalue weighted by atomic mass is 10.1. The van der Waals surface area contributed by atoms with Crippen LogP contribution in [0.2, 0.25) is 0 Å². The maximum absolute atomic E-state index is 13.7. The van der Waals surface area contributed by atoms with Crippen molar-refractivity contribution in [1.29, 1.82) is 0 Å². The van der Waals surface area contributed by atoms with Gasteiger partial charge in [-0.15, -0.1) is 0 Å². The van der Waals surface area contributed by atoms with Gasteiger partial charge >= 0.3 is 6.18 Å². The number of hydrogen-bond acceptors (Lipinski definition) is 3. The highest BCUT2D eigenvalue weighted by Crippen LogP contribution is 2.37. The Hall–Kier alpha value is -3.26. The van der Waals surface area contributed by atoms with Crippen LogP contribution in [0.1, 0.15) is 17.7 Å². The first kappa shape index (κ1) is 22.9. The normalized spacial score (nSPS) is 15.0. The third kappa shape index (κ3) is 5.76. The van der Waals surface area contributed by atoms with Crippen LogP contribution in [0, 0.1) is 0 Å². The molecule has 1 fully saturated rings. The van der Waals surface area contributed by atoms with Gasteiger partial charge in [0.1, 0.15) is 0 Å². The van der Waals surface area contributed by atoms with E-state index in [4.69, 9.17) is 0 Å². The molecular weight excluding hydrogens is 429 g/mol. The van der Waals surface area contributed by atoms with Gasteiger partial charge in [-0.1, -0.05) is 30.3 Å². The van der Waals surface area contributed by atoms with Gasteiger partial charge in [-0.3, -0.25) is 4.79 Å². The van der Waals surface area contributed by atoms with Crippen LogP contribution in [-0.4, -0.2) is 49.0 Å². The molecule has 174 valence electrons. The first-order chi connectivity index (χ1) is 15.8. The van der Waals surface area contributed by atoms with Gasteiger partial charge in [-0.05, 0) is 49.4 Å². The van der Waals surface area contributed by atoms with Gasteiger partial charge in [-0.25, -0.2) is 0 Å². The number of alkyl halides is 3. The number of carbonyl (C=O) groups is 1. The van der Waals surface area contributed by atoms with Crippen LogP contribution in [0.3, 0.4) is 0 Å². The molecule has 0 radical (unpaired) electrons. The number of hydrogen-bond donors (Lipinski definition) is 2. The van der Waals surface area contributed by atoms with E-state index in [0.717, 1.165) is 36.1 Å². The molecule has 0 aliphatic carbocycles. The number of anilines is 2. The summed E-state index contributed by atoms with van der Waals surface area (Å²) in [5.41, 5.74) is 2.31. The SMILES string of the molecule is CN1CCN(c2ccc(NC(=O)CCc3ccc(-c4ccccc4)[nH]3)c(C(F)(F)F)c2)CC1. The number of rotatable bonds is 6. The zero-order chi connectivity index (χ0) is 23.4. The highest BCUT2D eigenvalue weighted by molar-refractivity contribution is 5.92. The van der Waals surface area contributed by atoms with Crippen molar-refractivity contribution in [2.24, 2.45) is 0 Å². The maximum Gasteiger partial charge on any atom is 0.418 e. The van der Waals surface area contributed by atoms with Crippen LogP contribution in [0.15, 0.2) is 60.7 Å². The molecule has 1 aliphatic rings. The standard InChI is InChI=1S/C25H27F3N4O/c1-31-13-15-32(16-14-31)20-9-11-23(21(17-20)25(26,27)28)30-24(33)12-8-19-7-10-22(29-19)18-5-3-2-4-6-18/h2-7,9-11,17,29H,8,12-16H2,1H3,(H,30,33). The fraction of sp³-hybridized carbons (Fsp3) is 0.320. The monoisotopic (exact) mass is 456 g/mol. The summed E-state index contributed by atoms with van der Waals surface area (Å²) < 4.78 is 41.2. The first-order valence-electron chi connectivity index (χ1n) is 11.0. The van der Waals surface area contributed by atoms with Crippen molar-refractivity contribution in [3.8, 4) is 11.3 Å². The van der Waals surface area contributed by atoms with Crippen LogP contribution in [-0.2, 0) is 17.4 Å².